The molecule has 3 rings (SSSR count). The molecular formula is C20H23N3OS. The number of rotatable bonds is 3. The molecule has 0 unspecified atom stereocenters. The minimum atomic E-state index is -0.112. The van der Waals surface area contributed by atoms with E-state index in [1.54, 1.807) is 0 Å². The van der Waals surface area contributed by atoms with Gasteiger partial charge in [0.1, 0.15) is 0 Å². The van der Waals surface area contributed by atoms with Gasteiger partial charge < -0.3 is 10.2 Å². The molecule has 2 aromatic carbocycles. The second-order valence-electron chi connectivity index (χ2n) is 6.23. The first-order valence-electron chi connectivity index (χ1n) is 8.55. The number of hydrogen-bond acceptors (Lipinski definition) is 3. The molecule has 0 spiro atoms. The maximum absolute atomic E-state index is 11.2. The van der Waals surface area contributed by atoms with Gasteiger partial charge >= 0.3 is 0 Å². The summed E-state index contributed by atoms with van der Waals surface area (Å²) in [4.78, 5) is 15.8. The fourth-order valence-electron chi connectivity index (χ4n) is 3.30. The molecule has 0 aliphatic carbocycles. The van der Waals surface area contributed by atoms with Gasteiger partial charge in [-0.05, 0) is 23.3 Å². The summed E-state index contributed by atoms with van der Waals surface area (Å²) >= 11 is 5.32. The number of amides is 1. The van der Waals surface area contributed by atoms with Crippen LogP contribution in [0.25, 0.3) is 0 Å². The van der Waals surface area contributed by atoms with E-state index in [4.69, 9.17) is 12.2 Å². The molecule has 1 N–H and O–H groups in total. The van der Waals surface area contributed by atoms with Gasteiger partial charge in [-0.15, -0.1) is 0 Å². The number of thiocarbonyl (C=S) groups is 1. The molecule has 0 aromatic heterocycles. The van der Waals surface area contributed by atoms with Crippen LogP contribution < -0.4 is 5.32 Å². The maximum Gasteiger partial charge on any atom is 0.222 e. The van der Waals surface area contributed by atoms with Crippen LogP contribution >= 0.6 is 12.2 Å². The van der Waals surface area contributed by atoms with Crippen molar-refractivity contribution >= 4 is 23.2 Å². The third-order valence-corrected chi connectivity index (χ3v) is 4.84. The molecule has 2 aromatic rings. The van der Waals surface area contributed by atoms with E-state index in [1.165, 1.54) is 18.1 Å². The fourth-order valence-corrected chi connectivity index (χ4v) is 3.62. The summed E-state index contributed by atoms with van der Waals surface area (Å²) in [5, 5.41) is 3.25. The van der Waals surface area contributed by atoms with Gasteiger partial charge in [-0.1, -0.05) is 60.7 Å². The van der Waals surface area contributed by atoms with Gasteiger partial charge in [0.25, 0.3) is 0 Å². The van der Waals surface area contributed by atoms with Crippen LogP contribution in [-0.4, -0.2) is 47.0 Å². The van der Waals surface area contributed by atoms with E-state index in [9.17, 15) is 4.79 Å². The zero-order chi connectivity index (χ0) is 17.6. The summed E-state index contributed by atoms with van der Waals surface area (Å²) < 4.78 is 0. The normalized spacial score (nSPS) is 15.2. The SMILES string of the molecule is CC(=O)NC(=S)N1CCN(C(c2ccccc2)c2ccccc2)CC1. The molecule has 1 aliphatic heterocycles. The first kappa shape index (κ1) is 17.6. The van der Waals surface area contributed by atoms with Crippen molar-refractivity contribution in [3.8, 4) is 0 Å². The topological polar surface area (TPSA) is 35.6 Å². The van der Waals surface area contributed by atoms with Crippen LogP contribution in [0.4, 0.5) is 0 Å². The lowest BCUT2D eigenvalue weighted by Crippen LogP contribution is -2.53. The third-order valence-electron chi connectivity index (χ3n) is 4.48. The molecule has 1 amide bonds. The van der Waals surface area contributed by atoms with E-state index >= 15 is 0 Å². The number of nitrogens with zero attached hydrogens (tertiary/aromatic N) is 2. The van der Waals surface area contributed by atoms with E-state index in [2.05, 4.69) is 75.8 Å². The Hall–Kier alpha value is -2.24. The fraction of sp³-hybridized carbons (Fsp3) is 0.300. The lowest BCUT2D eigenvalue weighted by molar-refractivity contribution is -0.117. The number of carbonyl (C=O) groups is 1. The molecule has 0 saturated carbocycles. The number of carbonyl (C=O) groups excluding carboxylic acids is 1. The molecule has 1 fully saturated rings. The van der Waals surface area contributed by atoms with Gasteiger partial charge in [0.05, 0.1) is 6.04 Å². The second kappa shape index (κ2) is 8.23. The van der Waals surface area contributed by atoms with Crippen molar-refractivity contribution in [3.05, 3.63) is 71.8 Å². The Morgan fingerprint density at radius 2 is 1.40 bits per heavy atom. The predicted octanol–water partition coefficient (Wildman–Crippen LogP) is 2.81. The summed E-state index contributed by atoms with van der Waals surface area (Å²) in [6.07, 6.45) is 0. The monoisotopic (exact) mass is 353 g/mol. The van der Waals surface area contributed by atoms with E-state index in [0.717, 1.165) is 26.2 Å². The summed E-state index contributed by atoms with van der Waals surface area (Å²) in [5.74, 6) is -0.112. The molecule has 0 atom stereocenters. The lowest BCUT2D eigenvalue weighted by Gasteiger charge is -2.40. The van der Waals surface area contributed by atoms with Gasteiger partial charge in [0.15, 0.2) is 5.11 Å². The standard InChI is InChI=1S/C20H23N3OS/c1-16(24)21-20(25)23-14-12-22(13-15-23)19(17-8-4-2-5-9-17)18-10-6-3-7-11-18/h2-11,19H,12-15H2,1H3,(H,21,24,25). The summed E-state index contributed by atoms with van der Waals surface area (Å²) in [7, 11) is 0. The van der Waals surface area contributed by atoms with Crippen LogP contribution in [0.1, 0.15) is 24.1 Å². The van der Waals surface area contributed by atoms with Crippen LogP contribution in [0.3, 0.4) is 0 Å². The highest BCUT2D eigenvalue weighted by molar-refractivity contribution is 7.80. The first-order chi connectivity index (χ1) is 12.1. The zero-order valence-corrected chi connectivity index (χ0v) is 15.2. The minimum Gasteiger partial charge on any atom is -0.346 e. The van der Waals surface area contributed by atoms with Crippen molar-refractivity contribution in [2.75, 3.05) is 26.2 Å². The average molecular weight is 353 g/mol. The molecule has 130 valence electrons. The van der Waals surface area contributed by atoms with Crippen molar-refractivity contribution in [1.82, 2.24) is 15.1 Å². The van der Waals surface area contributed by atoms with E-state index in [-0.39, 0.29) is 11.9 Å². The zero-order valence-electron chi connectivity index (χ0n) is 14.4. The summed E-state index contributed by atoms with van der Waals surface area (Å²) in [5.41, 5.74) is 2.60. The largest absolute Gasteiger partial charge is 0.346 e. The Balaban J connectivity index is 1.76. The van der Waals surface area contributed by atoms with E-state index in [0.29, 0.717) is 5.11 Å². The molecular weight excluding hydrogens is 330 g/mol. The summed E-state index contributed by atoms with van der Waals surface area (Å²) in [6.45, 7) is 4.91. The Kier molecular flexibility index (Phi) is 5.79. The van der Waals surface area contributed by atoms with Gasteiger partial charge in [-0.25, -0.2) is 0 Å². The van der Waals surface area contributed by atoms with Crippen LogP contribution in [0.5, 0.6) is 0 Å². The second-order valence-corrected chi connectivity index (χ2v) is 6.62. The molecule has 25 heavy (non-hydrogen) atoms. The number of nitrogens with one attached hydrogen (secondary N) is 1. The highest BCUT2D eigenvalue weighted by atomic mass is 32.1. The Labute approximate surface area is 154 Å². The highest BCUT2D eigenvalue weighted by Gasteiger charge is 2.27. The molecule has 5 heteroatoms. The van der Waals surface area contributed by atoms with Crippen molar-refractivity contribution < 1.29 is 4.79 Å². The summed E-state index contributed by atoms with van der Waals surface area (Å²) in [6, 6.07) is 21.4. The van der Waals surface area contributed by atoms with E-state index in [1.807, 2.05) is 0 Å². The van der Waals surface area contributed by atoms with Crippen LogP contribution in [0.15, 0.2) is 60.7 Å². The Bertz CT molecular complexity index is 673. The van der Waals surface area contributed by atoms with Crippen molar-refractivity contribution in [1.29, 1.82) is 0 Å². The molecule has 1 aliphatic rings. The maximum atomic E-state index is 11.2. The first-order valence-corrected chi connectivity index (χ1v) is 8.96. The van der Waals surface area contributed by atoms with Crippen molar-refractivity contribution in [2.45, 2.75) is 13.0 Å². The molecule has 0 radical (unpaired) electrons. The molecule has 1 heterocycles. The average Bonchev–Trinajstić information content (AvgIpc) is 2.64. The Morgan fingerprint density at radius 1 is 0.920 bits per heavy atom. The third kappa shape index (κ3) is 4.44. The van der Waals surface area contributed by atoms with E-state index < -0.39 is 0 Å². The minimum absolute atomic E-state index is 0.112. The number of piperazine rings is 1. The predicted molar refractivity (Wildman–Crippen MR) is 104 cm³/mol. The van der Waals surface area contributed by atoms with Gasteiger partial charge in [-0.2, -0.15) is 0 Å². The number of hydrogen-bond donors (Lipinski definition) is 1. The number of benzene rings is 2. The van der Waals surface area contributed by atoms with Crippen LogP contribution in [-0.2, 0) is 4.79 Å². The van der Waals surface area contributed by atoms with Crippen molar-refractivity contribution in [2.24, 2.45) is 0 Å². The van der Waals surface area contributed by atoms with Crippen LogP contribution in [0.2, 0.25) is 0 Å². The van der Waals surface area contributed by atoms with Gasteiger partial charge in [0, 0.05) is 33.1 Å². The van der Waals surface area contributed by atoms with Crippen molar-refractivity contribution in [3.63, 3.8) is 0 Å². The Morgan fingerprint density at radius 3 is 1.84 bits per heavy atom. The quantitative estimate of drug-likeness (QED) is 0.861. The smallest absolute Gasteiger partial charge is 0.222 e. The van der Waals surface area contributed by atoms with Gasteiger partial charge in [-0.3, -0.25) is 9.69 Å². The van der Waals surface area contributed by atoms with Gasteiger partial charge in [0.2, 0.25) is 5.91 Å². The molecule has 0 bridgehead atoms. The highest BCUT2D eigenvalue weighted by Crippen LogP contribution is 2.29. The lowest BCUT2D eigenvalue weighted by atomic mass is 9.96. The molecule has 1 saturated heterocycles. The molecule has 4 nitrogen and oxygen atoms in total. The van der Waals surface area contributed by atoms with Crippen LogP contribution in [0, 0.1) is 0 Å².